The molecule has 1 unspecified atom stereocenters. The van der Waals surface area contributed by atoms with Crippen molar-refractivity contribution in [2.45, 2.75) is 12.5 Å². The SMILES string of the molecule is CN(C)CCC(c1cc2ccccc2s1)N(N)/N=C\N. The Morgan fingerprint density at radius 2 is 2.10 bits per heavy atom. The van der Waals surface area contributed by atoms with Crippen LogP contribution in [0, 0.1) is 0 Å². The zero-order chi connectivity index (χ0) is 14.5. The highest BCUT2D eigenvalue weighted by molar-refractivity contribution is 7.19. The van der Waals surface area contributed by atoms with Gasteiger partial charge in [0.2, 0.25) is 0 Å². The van der Waals surface area contributed by atoms with E-state index in [2.05, 4.69) is 48.4 Å². The van der Waals surface area contributed by atoms with E-state index in [1.807, 2.05) is 6.07 Å². The lowest BCUT2D eigenvalue weighted by molar-refractivity contribution is 0.190. The van der Waals surface area contributed by atoms with Crippen LogP contribution in [-0.2, 0) is 0 Å². The summed E-state index contributed by atoms with van der Waals surface area (Å²) in [4.78, 5) is 3.35. The van der Waals surface area contributed by atoms with Gasteiger partial charge < -0.3 is 10.6 Å². The highest BCUT2D eigenvalue weighted by Gasteiger charge is 2.19. The molecule has 5 nitrogen and oxygen atoms in total. The Hall–Kier alpha value is -1.63. The van der Waals surface area contributed by atoms with Gasteiger partial charge in [0.25, 0.3) is 0 Å². The van der Waals surface area contributed by atoms with Crippen LogP contribution in [0.4, 0.5) is 0 Å². The number of hydrazine groups is 1. The van der Waals surface area contributed by atoms with Crippen molar-refractivity contribution in [3.63, 3.8) is 0 Å². The first-order chi connectivity index (χ1) is 9.61. The van der Waals surface area contributed by atoms with Crippen LogP contribution in [0.2, 0.25) is 0 Å². The number of nitrogens with zero attached hydrogens (tertiary/aromatic N) is 3. The Kier molecular flexibility index (Phi) is 4.94. The quantitative estimate of drug-likeness (QED) is 0.369. The number of rotatable bonds is 6. The topological polar surface area (TPSA) is 70.9 Å². The first kappa shape index (κ1) is 14.8. The second kappa shape index (κ2) is 6.69. The second-order valence-electron chi connectivity index (χ2n) is 4.94. The third kappa shape index (κ3) is 3.47. The Morgan fingerprint density at radius 1 is 1.35 bits per heavy atom. The minimum Gasteiger partial charge on any atom is -0.388 e. The van der Waals surface area contributed by atoms with Crippen LogP contribution in [0.5, 0.6) is 0 Å². The molecule has 0 saturated heterocycles. The van der Waals surface area contributed by atoms with Gasteiger partial charge in [-0.15, -0.1) is 11.3 Å². The van der Waals surface area contributed by atoms with Crippen molar-refractivity contribution in [3.8, 4) is 0 Å². The van der Waals surface area contributed by atoms with Crippen LogP contribution >= 0.6 is 11.3 Å². The molecule has 2 rings (SSSR count). The molecule has 0 saturated carbocycles. The fraction of sp³-hybridized carbons (Fsp3) is 0.357. The van der Waals surface area contributed by atoms with Crippen LogP contribution in [-0.4, -0.2) is 37.0 Å². The Labute approximate surface area is 123 Å². The van der Waals surface area contributed by atoms with E-state index in [1.54, 1.807) is 11.3 Å². The molecule has 1 aromatic heterocycles. The Bertz CT molecular complexity index is 545. The summed E-state index contributed by atoms with van der Waals surface area (Å²) >= 11 is 1.76. The summed E-state index contributed by atoms with van der Waals surface area (Å²) in [5.41, 5.74) is 5.36. The molecule has 0 spiro atoms. The molecule has 0 bridgehead atoms. The van der Waals surface area contributed by atoms with Gasteiger partial charge in [0.05, 0.1) is 6.04 Å². The molecule has 20 heavy (non-hydrogen) atoms. The van der Waals surface area contributed by atoms with Gasteiger partial charge in [-0.05, 0) is 44.6 Å². The fourth-order valence-corrected chi connectivity index (χ4v) is 3.30. The number of hydrogen-bond donors (Lipinski definition) is 2. The average molecular weight is 291 g/mol. The molecular formula is C14H21N5S. The number of fused-ring (bicyclic) bond motifs is 1. The lowest BCUT2D eigenvalue weighted by Gasteiger charge is -2.24. The largest absolute Gasteiger partial charge is 0.388 e. The number of thiophene rings is 1. The van der Waals surface area contributed by atoms with E-state index < -0.39 is 0 Å². The summed E-state index contributed by atoms with van der Waals surface area (Å²) < 4.78 is 1.27. The zero-order valence-electron chi connectivity index (χ0n) is 11.9. The second-order valence-corrected chi connectivity index (χ2v) is 6.05. The standard InChI is InChI=1S/C14H21N5S/c1-18(2)8-7-12(19(16)17-10-15)14-9-11-5-3-4-6-13(11)20-14/h3-6,9-10,12H,7-8,16H2,1-2H3,(H2,15,17). The highest BCUT2D eigenvalue weighted by atomic mass is 32.1. The lowest BCUT2D eigenvalue weighted by Crippen LogP contribution is -2.32. The summed E-state index contributed by atoms with van der Waals surface area (Å²) in [5, 5.41) is 6.70. The molecule has 108 valence electrons. The summed E-state index contributed by atoms with van der Waals surface area (Å²) in [5.74, 6) is 6.01. The number of nitrogens with two attached hydrogens (primary N) is 2. The molecule has 0 aliphatic carbocycles. The van der Waals surface area contributed by atoms with E-state index >= 15 is 0 Å². The van der Waals surface area contributed by atoms with Crippen LogP contribution in [0.15, 0.2) is 35.4 Å². The van der Waals surface area contributed by atoms with E-state index in [-0.39, 0.29) is 6.04 Å². The van der Waals surface area contributed by atoms with E-state index in [1.165, 1.54) is 26.4 Å². The minimum absolute atomic E-state index is 0.0367. The van der Waals surface area contributed by atoms with Crippen molar-refractivity contribution in [2.75, 3.05) is 20.6 Å². The summed E-state index contributed by atoms with van der Waals surface area (Å²) in [7, 11) is 4.10. The van der Waals surface area contributed by atoms with Gasteiger partial charge in [-0.3, -0.25) is 0 Å². The molecule has 0 aliphatic heterocycles. The van der Waals surface area contributed by atoms with Crippen LogP contribution < -0.4 is 11.6 Å². The molecule has 1 heterocycles. The van der Waals surface area contributed by atoms with Gasteiger partial charge in [-0.2, -0.15) is 5.10 Å². The van der Waals surface area contributed by atoms with Gasteiger partial charge in [0.15, 0.2) is 0 Å². The maximum atomic E-state index is 6.01. The molecule has 1 atom stereocenters. The van der Waals surface area contributed by atoms with Crippen molar-refractivity contribution < 1.29 is 0 Å². The van der Waals surface area contributed by atoms with Crippen LogP contribution in [0.1, 0.15) is 17.3 Å². The molecule has 0 amide bonds. The molecular weight excluding hydrogens is 270 g/mol. The molecule has 0 radical (unpaired) electrons. The maximum Gasteiger partial charge on any atom is 0.107 e. The first-order valence-corrected chi connectivity index (χ1v) is 7.34. The monoisotopic (exact) mass is 291 g/mol. The van der Waals surface area contributed by atoms with E-state index in [9.17, 15) is 0 Å². The Morgan fingerprint density at radius 3 is 2.75 bits per heavy atom. The molecule has 0 fully saturated rings. The van der Waals surface area contributed by atoms with Gasteiger partial charge in [-0.1, -0.05) is 18.2 Å². The maximum absolute atomic E-state index is 6.01. The number of hydrogen-bond acceptors (Lipinski definition) is 5. The summed E-state index contributed by atoms with van der Waals surface area (Å²) in [6.45, 7) is 0.937. The van der Waals surface area contributed by atoms with Gasteiger partial charge in [-0.25, -0.2) is 11.0 Å². The molecule has 0 aliphatic rings. The predicted octanol–water partition coefficient (Wildman–Crippen LogP) is 1.97. The van der Waals surface area contributed by atoms with Crippen molar-refractivity contribution >= 4 is 27.8 Å². The predicted molar refractivity (Wildman–Crippen MR) is 86.4 cm³/mol. The number of hydrazone groups is 1. The van der Waals surface area contributed by atoms with Crippen LogP contribution in [0.25, 0.3) is 10.1 Å². The van der Waals surface area contributed by atoms with Gasteiger partial charge >= 0.3 is 0 Å². The zero-order valence-corrected chi connectivity index (χ0v) is 12.7. The third-order valence-corrected chi connectivity index (χ3v) is 4.36. The normalized spacial score (nSPS) is 13.4. The summed E-state index contributed by atoms with van der Waals surface area (Å²) in [6, 6.07) is 10.6. The van der Waals surface area contributed by atoms with Crippen molar-refractivity contribution in [1.82, 2.24) is 10.0 Å². The van der Waals surface area contributed by atoms with E-state index in [0.29, 0.717) is 0 Å². The minimum atomic E-state index is 0.0367. The van der Waals surface area contributed by atoms with Gasteiger partial charge in [0, 0.05) is 9.58 Å². The lowest BCUT2D eigenvalue weighted by atomic mass is 10.1. The average Bonchev–Trinajstić information content (AvgIpc) is 2.82. The first-order valence-electron chi connectivity index (χ1n) is 6.53. The highest BCUT2D eigenvalue weighted by Crippen LogP contribution is 2.33. The third-order valence-electron chi connectivity index (χ3n) is 3.14. The van der Waals surface area contributed by atoms with Crippen molar-refractivity contribution in [2.24, 2.45) is 16.7 Å². The summed E-state index contributed by atoms with van der Waals surface area (Å²) in [6.07, 6.45) is 2.13. The van der Waals surface area contributed by atoms with Crippen molar-refractivity contribution in [3.05, 3.63) is 35.2 Å². The smallest absolute Gasteiger partial charge is 0.107 e. The van der Waals surface area contributed by atoms with Crippen molar-refractivity contribution in [1.29, 1.82) is 0 Å². The van der Waals surface area contributed by atoms with E-state index in [4.69, 9.17) is 11.6 Å². The number of benzene rings is 1. The molecule has 4 N–H and O–H groups in total. The fourth-order valence-electron chi connectivity index (χ4n) is 2.11. The van der Waals surface area contributed by atoms with Crippen LogP contribution in [0.3, 0.4) is 0 Å². The molecule has 2 aromatic rings. The Balaban J connectivity index is 2.28. The van der Waals surface area contributed by atoms with E-state index in [0.717, 1.165) is 13.0 Å². The van der Waals surface area contributed by atoms with Gasteiger partial charge in [0.1, 0.15) is 6.34 Å². The molecule has 1 aromatic carbocycles. The molecule has 6 heteroatoms.